The van der Waals surface area contributed by atoms with Crippen LogP contribution in [-0.4, -0.2) is 12.9 Å². The molecule has 0 aliphatic carbocycles. The fraction of sp³-hybridized carbons (Fsp3) is 0. The van der Waals surface area contributed by atoms with Crippen LogP contribution in [0.25, 0.3) is 10.9 Å². The summed E-state index contributed by atoms with van der Waals surface area (Å²) in [6.45, 7) is 0. The van der Waals surface area contributed by atoms with E-state index < -0.39 is 4.92 Å². The topological polar surface area (TPSA) is 61.0 Å². The minimum absolute atomic E-state index is 0.0888. The average molecular weight is 289 g/mol. The lowest BCUT2D eigenvalue weighted by molar-refractivity contribution is -0.384. The van der Waals surface area contributed by atoms with Crippen molar-refractivity contribution in [3.63, 3.8) is 0 Å². The second-order valence-corrected chi connectivity index (χ2v) is 3.42. The van der Waals surface area contributed by atoms with E-state index in [1.54, 1.807) is 15.2 Å². The van der Waals surface area contributed by atoms with Crippen LogP contribution in [0.2, 0.25) is 0 Å². The van der Waals surface area contributed by atoms with Gasteiger partial charge in [-0.05, 0) is 6.07 Å². The summed E-state index contributed by atoms with van der Waals surface area (Å²) in [5.74, 6) is 0. The van der Waals surface area contributed by atoms with Gasteiger partial charge in [0.1, 0.15) is 0 Å². The molecular weight excluding hydrogens is 285 g/mol. The number of benzene rings is 1. The molecule has 0 aliphatic rings. The summed E-state index contributed by atoms with van der Waals surface area (Å²) in [5.41, 5.74) is 0.848. The Hall–Kier alpha value is -1.18. The molecule has 0 unspecified atom stereocenters. The molecule has 0 atom stereocenters. The van der Waals surface area contributed by atoms with Crippen molar-refractivity contribution in [2.24, 2.45) is 0 Å². The second-order valence-electron chi connectivity index (χ2n) is 2.50. The van der Waals surface area contributed by atoms with Crippen molar-refractivity contribution >= 4 is 39.5 Å². The van der Waals surface area contributed by atoms with E-state index in [0.717, 1.165) is 10.9 Å². The van der Waals surface area contributed by atoms with E-state index in [1.165, 1.54) is 12.1 Å². The molecule has 0 bridgehead atoms. The fourth-order valence-corrected chi connectivity index (χ4v) is 1.63. The number of halogens is 1. The number of non-ortho nitro benzene ring substituents is 1. The Morgan fingerprint density at radius 1 is 1.54 bits per heavy atom. The van der Waals surface area contributed by atoms with Crippen molar-refractivity contribution in [3.05, 3.63) is 34.5 Å². The van der Waals surface area contributed by atoms with Gasteiger partial charge in [-0.15, -0.1) is 0 Å². The van der Waals surface area contributed by atoms with Crippen molar-refractivity contribution in [1.29, 1.82) is 0 Å². The Bertz CT molecular complexity index is 480. The average Bonchev–Trinajstić information content (AvgIpc) is 2.47. The van der Waals surface area contributed by atoms with Gasteiger partial charge in [0, 0.05) is 17.5 Å². The van der Waals surface area contributed by atoms with Gasteiger partial charge in [-0.1, -0.05) is 0 Å². The van der Waals surface area contributed by atoms with Crippen LogP contribution in [0.4, 0.5) is 5.69 Å². The lowest BCUT2D eigenvalue weighted by atomic mass is 10.2. The highest BCUT2D eigenvalue weighted by Gasteiger charge is 2.08. The first-order valence-corrected chi connectivity index (χ1v) is 4.43. The first-order chi connectivity index (χ1) is 6.18. The molecule has 0 spiro atoms. The molecule has 2 rings (SSSR count). The van der Waals surface area contributed by atoms with Gasteiger partial charge < -0.3 is 0 Å². The van der Waals surface area contributed by atoms with Crippen molar-refractivity contribution in [2.75, 3.05) is 0 Å². The Balaban J connectivity index is 2.72. The normalized spacial score (nSPS) is 10.5. The third-order valence-corrected chi connectivity index (χ3v) is 2.49. The zero-order valence-electron chi connectivity index (χ0n) is 6.35. The number of rotatable bonds is 1. The minimum Gasteiger partial charge on any atom is -0.258 e. The predicted molar refractivity (Wildman–Crippen MR) is 55.8 cm³/mol. The van der Waals surface area contributed by atoms with Crippen LogP contribution in [-0.2, 0) is 0 Å². The minimum atomic E-state index is -0.414. The third kappa shape index (κ3) is 1.37. The molecule has 0 amide bonds. The molecule has 0 saturated heterocycles. The van der Waals surface area contributed by atoms with Crippen LogP contribution < -0.4 is 0 Å². The van der Waals surface area contributed by atoms with Crippen LogP contribution in [0.5, 0.6) is 0 Å². The summed E-state index contributed by atoms with van der Waals surface area (Å²) < 4.78 is 1.58. The van der Waals surface area contributed by atoms with Crippen LogP contribution in [0.15, 0.2) is 24.4 Å². The smallest absolute Gasteiger partial charge is 0.258 e. The lowest BCUT2D eigenvalue weighted by Crippen LogP contribution is -1.87. The van der Waals surface area contributed by atoms with Crippen molar-refractivity contribution < 1.29 is 4.92 Å². The van der Waals surface area contributed by atoms with Gasteiger partial charge in [-0.2, -0.15) is 5.10 Å². The van der Waals surface area contributed by atoms with E-state index in [4.69, 9.17) is 0 Å². The highest BCUT2D eigenvalue weighted by Crippen LogP contribution is 2.21. The van der Waals surface area contributed by atoms with E-state index in [1.807, 2.05) is 22.9 Å². The van der Waals surface area contributed by atoms with Crippen LogP contribution in [0.1, 0.15) is 0 Å². The fourth-order valence-electron chi connectivity index (χ4n) is 1.09. The van der Waals surface area contributed by atoms with Gasteiger partial charge in [-0.25, -0.2) is 2.90 Å². The number of hydrogen-bond acceptors (Lipinski definition) is 3. The number of aromatic nitrogens is 2. The molecule has 0 N–H and O–H groups in total. The van der Waals surface area contributed by atoms with Gasteiger partial charge in [0.25, 0.3) is 5.69 Å². The molecule has 5 nitrogen and oxygen atoms in total. The van der Waals surface area contributed by atoms with Crippen molar-refractivity contribution in [3.8, 4) is 0 Å². The molecule has 66 valence electrons. The summed E-state index contributed by atoms with van der Waals surface area (Å²) in [4.78, 5) is 10.0. The molecule has 6 heteroatoms. The molecule has 0 fully saturated rings. The first kappa shape index (κ1) is 8.42. The van der Waals surface area contributed by atoms with Gasteiger partial charge >= 0.3 is 0 Å². The monoisotopic (exact) mass is 289 g/mol. The molecule has 0 aliphatic heterocycles. The summed E-state index contributed by atoms with van der Waals surface area (Å²) in [7, 11) is 0. The third-order valence-electron chi connectivity index (χ3n) is 1.72. The summed E-state index contributed by atoms with van der Waals surface area (Å²) >= 11 is 1.98. The standard InChI is InChI=1S/C7H4IN3O2/c8-10-7-3-6(11(12)13)2-1-5(7)4-9-10/h1-4H. The van der Waals surface area contributed by atoms with Crippen molar-refractivity contribution in [2.45, 2.75) is 0 Å². The van der Waals surface area contributed by atoms with Crippen LogP contribution in [0, 0.1) is 10.1 Å². The Labute approximate surface area is 87.0 Å². The molecule has 2 aromatic rings. The van der Waals surface area contributed by atoms with Crippen molar-refractivity contribution in [1.82, 2.24) is 7.99 Å². The molecule has 13 heavy (non-hydrogen) atoms. The molecular formula is C7H4IN3O2. The molecule has 1 aromatic heterocycles. The van der Waals surface area contributed by atoms with Gasteiger partial charge in [-0.3, -0.25) is 10.1 Å². The maximum Gasteiger partial charge on any atom is 0.271 e. The van der Waals surface area contributed by atoms with E-state index in [2.05, 4.69) is 5.10 Å². The maximum absolute atomic E-state index is 10.5. The Kier molecular flexibility index (Phi) is 1.91. The molecule has 0 saturated carbocycles. The van der Waals surface area contributed by atoms with E-state index >= 15 is 0 Å². The molecule has 1 heterocycles. The SMILES string of the molecule is O=[N+]([O-])c1ccc2cnn(I)c2c1. The molecule has 0 radical (unpaired) electrons. The zero-order chi connectivity index (χ0) is 9.42. The molecule has 1 aromatic carbocycles. The highest BCUT2D eigenvalue weighted by atomic mass is 127. The highest BCUT2D eigenvalue weighted by molar-refractivity contribution is 14.1. The van der Waals surface area contributed by atoms with E-state index in [9.17, 15) is 10.1 Å². The number of nitro benzene ring substituents is 1. The first-order valence-electron chi connectivity index (χ1n) is 3.47. The number of hydrogen-bond donors (Lipinski definition) is 0. The largest absolute Gasteiger partial charge is 0.271 e. The predicted octanol–water partition coefficient (Wildman–Crippen LogP) is 2.14. The maximum atomic E-state index is 10.5. The quantitative estimate of drug-likeness (QED) is 0.459. The van der Waals surface area contributed by atoms with E-state index in [-0.39, 0.29) is 5.69 Å². The summed E-state index contributed by atoms with van der Waals surface area (Å²) in [6.07, 6.45) is 1.67. The zero-order valence-corrected chi connectivity index (χ0v) is 8.50. The Morgan fingerprint density at radius 3 is 3.00 bits per heavy atom. The summed E-state index contributed by atoms with van der Waals surface area (Å²) in [6, 6.07) is 4.67. The Morgan fingerprint density at radius 2 is 2.31 bits per heavy atom. The van der Waals surface area contributed by atoms with Gasteiger partial charge in [0.05, 0.1) is 39.5 Å². The van der Waals surface area contributed by atoms with Gasteiger partial charge in [0.15, 0.2) is 0 Å². The number of nitro groups is 1. The van der Waals surface area contributed by atoms with Crippen LogP contribution >= 0.6 is 22.9 Å². The lowest BCUT2D eigenvalue weighted by Gasteiger charge is -1.92. The number of nitrogens with zero attached hydrogens (tertiary/aromatic N) is 3. The van der Waals surface area contributed by atoms with Crippen LogP contribution in [0.3, 0.4) is 0 Å². The van der Waals surface area contributed by atoms with Gasteiger partial charge in [0.2, 0.25) is 0 Å². The number of fused-ring (bicyclic) bond motifs is 1. The second kappa shape index (κ2) is 2.95. The van der Waals surface area contributed by atoms with E-state index in [0.29, 0.717) is 0 Å². The summed E-state index contributed by atoms with van der Waals surface area (Å²) in [5, 5.41) is 15.3.